The van der Waals surface area contributed by atoms with E-state index < -0.39 is 0 Å². The first-order valence-electron chi connectivity index (χ1n) is 6.97. The number of thioether (sulfide) groups is 1. The molecule has 0 saturated heterocycles. The molecule has 0 aliphatic rings. The van der Waals surface area contributed by atoms with Crippen LogP contribution in [0.1, 0.15) is 10.4 Å². The van der Waals surface area contributed by atoms with Crippen LogP contribution < -0.4 is 5.32 Å². The van der Waals surface area contributed by atoms with Crippen molar-refractivity contribution in [1.82, 2.24) is 9.38 Å². The molecule has 5 heteroatoms. The molecule has 0 aliphatic heterocycles. The third-order valence-corrected chi connectivity index (χ3v) is 3.89. The molecular formula is C18H15N3OS. The first kappa shape index (κ1) is 15.1. The summed E-state index contributed by atoms with van der Waals surface area (Å²) in [4.78, 5) is 15.2. The number of aldehydes is 1. The van der Waals surface area contributed by atoms with Crippen LogP contribution in [-0.2, 0) is 0 Å². The van der Waals surface area contributed by atoms with E-state index in [1.165, 1.54) is 11.8 Å². The quantitative estimate of drug-likeness (QED) is 0.675. The summed E-state index contributed by atoms with van der Waals surface area (Å²) >= 11 is 1.44. The van der Waals surface area contributed by atoms with Gasteiger partial charge < -0.3 is 5.32 Å². The van der Waals surface area contributed by atoms with E-state index in [0.29, 0.717) is 5.56 Å². The van der Waals surface area contributed by atoms with Crippen LogP contribution in [0.5, 0.6) is 0 Å². The third kappa shape index (κ3) is 3.19. The normalized spacial score (nSPS) is 10.4. The number of nitrogens with one attached hydrogen (secondary N) is 1. The number of pyridine rings is 1. The summed E-state index contributed by atoms with van der Waals surface area (Å²) in [6.45, 7) is 7.61. The molecular weight excluding hydrogens is 306 g/mol. The van der Waals surface area contributed by atoms with Gasteiger partial charge in [-0.1, -0.05) is 37.1 Å². The number of hydrogen-bond acceptors (Lipinski definition) is 4. The zero-order valence-corrected chi connectivity index (χ0v) is 13.2. The highest BCUT2D eigenvalue weighted by Gasteiger charge is 2.07. The molecule has 0 atom stereocenters. The SMILES string of the molecule is C=CSC(=C)Nc1cccc(-c2cnc3cc(C=O)ccn23)c1. The van der Waals surface area contributed by atoms with E-state index >= 15 is 0 Å². The average Bonchev–Trinajstić information content (AvgIpc) is 2.98. The second-order valence-corrected chi connectivity index (χ2v) is 5.92. The summed E-state index contributed by atoms with van der Waals surface area (Å²) in [6.07, 6.45) is 4.48. The Kier molecular flexibility index (Phi) is 4.30. The highest BCUT2D eigenvalue weighted by atomic mass is 32.2. The Hall–Kier alpha value is -2.79. The fourth-order valence-electron chi connectivity index (χ4n) is 2.33. The molecule has 0 amide bonds. The number of nitrogens with zero attached hydrogens (tertiary/aromatic N) is 2. The Morgan fingerprint density at radius 1 is 1.30 bits per heavy atom. The van der Waals surface area contributed by atoms with Crippen LogP contribution in [0.15, 0.2) is 72.4 Å². The third-order valence-electron chi connectivity index (χ3n) is 3.34. The van der Waals surface area contributed by atoms with E-state index in [1.54, 1.807) is 23.7 Å². The van der Waals surface area contributed by atoms with Gasteiger partial charge in [-0.15, -0.1) is 0 Å². The van der Waals surface area contributed by atoms with Crippen molar-refractivity contribution in [2.75, 3.05) is 5.32 Å². The van der Waals surface area contributed by atoms with Gasteiger partial charge in [0.15, 0.2) is 0 Å². The maximum Gasteiger partial charge on any atom is 0.150 e. The molecule has 1 N–H and O–H groups in total. The molecule has 3 rings (SSSR count). The van der Waals surface area contributed by atoms with Crippen LogP contribution in [0.3, 0.4) is 0 Å². The van der Waals surface area contributed by atoms with Gasteiger partial charge >= 0.3 is 0 Å². The summed E-state index contributed by atoms with van der Waals surface area (Å²) < 4.78 is 1.96. The van der Waals surface area contributed by atoms with E-state index in [0.717, 1.165) is 33.9 Å². The van der Waals surface area contributed by atoms with Gasteiger partial charge in [-0.3, -0.25) is 9.20 Å². The van der Waals surface area contributed by atoms with Crippen molar-refractivity contribution < 1.29 is 4.79 Å². The van der Waals surface area contributed by atoms with Crippen LogP contribution >= 0.6 is 11.8 Å². The molecule has 0 aliphatic carbocycles. The van der Waals surface area contributed by atoms with E-state index in [1.807, 2.05) is 34.9 Å². The van der Waals surface area contributed by atoms with Gasteiger partial charge in [-0.25, -0.2) is 4.98 Å². The number of imidazole rings is 1. The Balaban J connectivity index is 1.97. The number of rotatable bonds is 6. The highest BCUT2D eigenvalue weighted by molar-refractivity contribution is 8.05. The van der Waals surface area contributed by atoms with Gasteiger partial charge in [0.25, 0.3) is 0 Å². The lowest BCUT2D eigenvalue weighted by Gasteiger charge is -2.09. The van der Waals surface area contributed by atoms with E-state index in [4.69, 9.17) is 0 Å². The fraction of sp³-hybridized carbons (Fsp3) is 0. The zero-order valence-electron chi connectivity index (χ0n) is 12.4. The van der Waals surface area contributed by atoms with Crippen molar-refractivity contribution in [2.24, 2.45) is 0 Å². The minimum atomic E-state index is 0.614. The van der Waals surface area contributed by atoms with Crippen molar-refractivity contribution in [1.29, 1.82) is 0 Å². The first-order valence-corrected chi connectivity index (χ1v) is 7.85. The lowest BCUT2D eigenvalue weighted by Crippen LogP contribution is -1.94. The Bertz CT molecular complexity index is 898. The second kappa shape index (κ2) is 6.54. The number of carbonyl (C=O) groups is 1. The summed E-state index contributed by atoms with van der Waals surface area (Å²) in [5, 5.41) is 5.77. The molecule has 3 aromatic rings. The Morgan fingerprint density at radius 3 is 2.96 bits per heavy atom. The predicted octanol–water partition coefficient (Wildman–Crippen LogP) is 4.57. The second-order valence-electron chi connectivity index (χ2n) is 4.86. The van der Waals surface area contributed by atoms with Gasteiger partial charge in [-0.2, -0.15) is 0 Å². The average molecular weight is 321 g/mol. The summed E-state index contributed by atoms with van der Waals surface area (Å²) in [6, 6.07) is 11.5. The summed E-state index contributed by atoms with van der Waals surface area (Å²) in [5.41, 5.74) is 4.29. The molecule has 0 saturated carbocycles. The summed E-state index contributed by atoms with van der Waals surface area (Å²) in [5.74, 6) is 0. The van der Waals surface area contributed by atoms with Crippen LogP contribution in [0.2, 0.25) is 0 Å². The van der Waals surface area contributed by atoms with Crippen molar-refractivity contribution in [3.05, 3.63) is 78.0 Å². The molecule has 2 heterocycles. The van der Waals surface area contributed by atoms with E-state index in [2.05, 4.69) is 23.5 Å². The Labute approximate surface area is 138 Å². The standard InChI is InChI=1S/C18H15N3OS/c1-3-23-13(2)20-16-6-4-5-15(10-16)17-11-19-18-9-14(12-22)7-8-21(17)18/h3-12,20H,1-2H2. The molecule has 114 valence electrons. The summed E-state index contributed by atoms with van der Waals surface area (Å²) in [7, 11) is 0. The largest absolute Gasteiger partial charge is 0.350 e. The zero-order chi connectivity index (χ0) is 16.2. The van der Waals surface area contributed by atoms with Crippen LogP contribution in [0.4, 0.5) is 5.69 Å². The predicted molar refractivity (Wildman–Crippen MR) is 96.6 cm³/mol. The molecule has 2 aromatic heterocycles. The molecule has 0 spiro atoms. The van der Waals surface area contributed by atoms with Crippen LogP contribution in [0, 0.1) is 0 Å². The lowest BCUT2D eigenvalue weighted by molar-refractivity contribution is 0.112. The van der Waals surface area contributed by atoms with Gasteiger partial charge in [-0.05, 0) is 29.7 Å². The number of fused-ring (bicyclic) bond motifs is 1. The van der Waals surface area contributed by atoms with Gasteiger partial charge in [0.2, 0.25) is 0 Å². The minimum Gasteiger partial charge on any atom is -0.350 e. The monoisotopic (exact) mass is 321 g/mol. The topological polar surface area (TPSA) is 46.4 Å². The van der Waals surface area contributed by atoms with Crippen molar-refractivity contribution in [3.63, 3.8) is 0 Å². The van der Waals surface area contributed by atoms with E-state index in [-0.39, 0.29) is 0 Å². The smallest absolute Gasteiger partial charge is 0.150 e. The van der Waals surface area contributed by atoms with Gasteiger partial charge in [0.05, 0.1) is 16.9 Å². The first-order chi connectivity index (χ1) is 11.2. The van der Waals surface area contributed by atoms with Crippen molar-refractivity contribution in [3.8, 4) is 11.3 Å². The van der Waals surface area contributed by atoms with Gasteiger partial charge in [0.1, 0.15) is 11.9 Å². The van der Waals surface area contributed by atoms with Crippen molar-refractivity contribution >= 4 is 29.4 Å². The lowest BCUT2D eigenvalue weighted by atomic mass is 10.1. The molecule has 0 radical (unpaired) electrons. The molecule has 0 bridgehead atoms. The highest BCUT2D eigenvalue weighted by Crippen LogP contribution is 2.26. The number of anilines is 1. The van der Waals surface area contributed by atoms with Crippen molar-refractivity contribution in [2.45, 2.75) is 0 Å². The van der Waals surface area contributed by atoms with E-state index in [9.17, 15) is 4.79 Å². The number of carbonyl (C=O) groups excluding carboxylic acids is 1. The number of aromatic nitrogens is 2. The number of hydrogen-bond donors (Lipinski definition) is 1. The molecule has 0 fully saturated rings. The maximum atomic E-state index is 10.9. The van der Waals surface area contributed by atoms with Gasteiger partial charge in [0, 0.05) is 23.0 Å². The molecule has 0 unspecified atom stereocenters. The molecule has 23 heavy (non-hydrogen) atoms. The fourth-order valence-corrected chi connectivity index (χ4v) is 2.71. The maximum absolute atomic E-state index is 10.9. The van der Waals surface area contributed by atoms with Crippen LogP contribution in [0.25, 0.3) is 16.9 Å². The molecule has 1 aromatic carbocycles. The number of benzene rings is 1. The minimum absolute atomic E-state index is 0.614. The molecule has 4 nitrogen and oxygen atoms in total. The Morgan fingerprint density at radius 2 is 2.17 bits per heavy atom. The van der Waals surface area contributed by atoms with Crippen LogP contribution in [-0.4, -0.2) is 15.7 Å².